The van der Waals surface area contributed by atoms with Gasteiger partial charge in [0.25, 0.3) is 5.91 Å². The molecule has 1 aromatic heterocycles. The van der Waals surface area contributed by atoms with Gasteiger partial charge in [0.05, 0.1) is 17.4 Å². The van der Waals surface area contributed by atoms with Crippen molar-refractivity contribution in [2.75, 3.05) is 19.8 Å². The van der Waals surface area contributed by atoms with Gasteiger partial charge in [-0.15, -0.1) is 5.10 Å². The van der Waals surface area contributed by atoms with Crippen LogP contribution in [0.15, 0.2) is 48.5 Å². The van der Waals surface area contributed by atoms with E-state index in [-0.39, 0.29) is 5.91 Å². The topological polar surface area (TPSA) is 65.4 Å². The molecule has 6 nitrogen and oxygen atoms in total. The average molecular weight is 442 g/mol. The van der Waals surface area contributed by atoms with E-state index < -0.39 is 5.60 Å². The van der Waals surface area contributed by atoms with Crippen LogP contribution in [0, 0.1) is 5.92 Å². The van der Waals surface area contributed by atoms with Crippen molar-refractivity contribution in [3.63, 3.8) is 0 Å². The van der Waals surface area contributed by atoms with E-state index >= 15 is 0 Å². The molecule has 1 aliphatic rings. The van der Waals surface area contributed by atoms with Gasteiger partial charge in [0.1, 0.15) is 0 Å². The molecule has 0 atom stereocenters. The zero-order chi connectivity index (χ0) is 21.8. The highest BCUT2D eigenvalue weighted by atomic mass is 35.5. The van der Waals surface area contributed by atoms with Gasteiger partial charge >= 0.3 is 0 Å². The monoisotopic (exact) mass is 441 g/mol. The van der Waals surface area contributed by atoms with Gasteiger partial charge in [-0.05, 0) is 62.4 Å². The number of carbonyl (C=O) groups is 1. The first kappa shape index (κ1) is 21.7. The average Bonchev–Trinajstić information content (AvgIpc) is 3.09. The number of ether oxygens (including phenoxy) is 2. The van der Waals surface area contributed by atoms with E-state index in [1.165, 1.54) is 0 Å². The molecule has 0 aliphatic carbocycles. The molecule has 1 amide bonds. The van der Waals surface area contributed by atoms with E-state index in [1.807, 2.05) is 53.2 Å². The summed E-state index contributed by atoms with van der Waals surface area (Å²) in [4.78, 5) is 12.9. The number of rotatable bonds is 7. The second-order valence-electron chi connectivity index (χ2n) is 8.49. The molecule has 0 spiro atoms. The van der Waals surface area contributed by atoms with Gasteiger partial charge in [0.2, 0.25) is 5.88 Å². The Labute approximate surface area is 187 Å². The number of para-hydroxylation sites is 1. The SMILES string of the molecule is CC(C)(Oc1nn(Cc2cccc(Cl)c2)c2ccccc12)C(=O)NCC1CCOCC1. The van der Waals surface area contributed by atoms with Crippen LogP contribution in [0.4, 0.5) is 0 Å². The van der Waals surface area contributed by atoms with Gasteiger partial charge in [-0.3, -0.25) is 9.48 Å². The summed E-state index contributed by atoms with van der Waals surface area (Å²) in [6, 6.07) is 15.6. The maximum absolute atomic E-state index is 12.9. The molecule has 1 saturated heterocycles. The third-order valence-corrected chi connectivity index (χ3v) is 5.87. The predicted octanol–water partition coefficient (Wildman–Crippen LogP) is 4.44. The molecular weight excluding hydrogens is 414 g/mol. The first-order valence-electron chi connectivity index (χ1n) is 10.7. The van der Waals surface area contributed by atoms with Crippen molar-refractivity contribution in [2.24, 2.45) is 5.92 Å². The molecule has 1 fully saturated rings. The van der Waals surface area contributed by atoms with Gasteiger partial charge in [-0.25, -0.2) is 0 Å². The number of carbonyl (C=O) groups excluding carboxylic acids is 1. The third-order valence-electron chi connectivity index (χ3n) is 5.64. The Morgan fingerprint density at radius 2 is 2.00 bits per heavy atom. The number of hydrogen-bond donors (Lipinski definition) is 1. The highest BCUT2D eigenvalue weighted by molar-refractivity contribution is 6.30. The fourth-order valence-corrected chi connectivity index (χ4v) is 4.00. The van der Waals surface area contributed by atoms with Crippen molar-refractivity contribution in [2.45, 2.75) is 38.8 Å². The van der Waals surface area contributed by atoms with Crippen LogP contribution >= 0.6 is 11.6 Å². The molecule has 164 valence electrons. The number of aromatic nitrogens is 2. The zero-order valence-electron chi connectivity index (χ0n) is 17.9. The Balaban J connectivity index is 1.51. The van der Waals surface area contributed by atoms with Crippen molar-refractivity contribution in [3.05, 3.63) is 59.1 Å². The number of nitrogens with one attached hydrogen (secondary N) is 1. The van der Waals surface area contributed by atoms with Crippen molar-refractivity contribution < 1.29 is 14.3 Å². The Bertz CT molecular complexity index is 1060. The number of amides is 1. The number of hydrogen-bond acceptors (Lipinski definition) is 4. The number of fused-ring (bicyclic) bond motifs is 1. The van der Waals surface area contributed by atoms with E-state index in [4.69, 9.17) is 21.1 Å². The maximum atomic E-state index is 12.9. The Kier molecular flexibility index (Phi) is 6.49. The Morgan fingerprint density at radius 3 is 2.77 bits per heavy atom. The molecule has 0 radical (unpaired) electrons. The van der Waals surface area contributed by atoms with Gasteiger partial charge in [-0.1, -0.05) is 35.9 Å². The lowest BCUT2D eigenvalue weighted by atomic mass is 10.00. The third kappa shape index (κ3) is 5.20. The lowest BCUT2D eigenvalue weighted by Crippen LogP contribution is -2.48. The quantitative estimate of drug-likeness (QED) is 0.588. The van der Waals surface area contributed by atoms with E-state index in [0.717, 1.165) is 42.5 Å². The highest BCUT2D eigenvalue weighted by Crippen LogP contribution is 2.29. The van der Waals surface area contributed by atoms with Gasteiger partial charge in [0, 0.05) is 24.8 Å². The molecule has 1 aliphatic heterocycles. The molecule has 2 aromatic carbocycles. The summed E-state index contributed by atoms with van der Waals surface area (Å²) in [6.45, 7) is 6.26. The van der Waals surface area contributed by atoms with Crippen LogP contribution in [-0.4, -0.2) is 41.0 Å². The smallest absolute Gasteiger partial charge is 0.263 e. The first-order valence-corrected chi connectivity index (χ1v) is 11.1. The lowest BCUT2D eigenvalue weighted by molar-refractivity contribution is -0.134. The summed E-state index contributed by atoms with van der Waals surface area (Å²) in [5.41, 5.74) is 0.931. The van der Waals surface area contributed by atoms with Crippen molar-refractivity contribution >= 4 is 28.4 Å². The van der Waals surface area contributed by atoms with Crippen LogP contribution in [-0.2, 0) is 16.1 Å². The van der Waals surface area contributed by atoms with Crippen molar-refractivity contribution in [1.29, 1.82) is 0 Å². The van der Waals surface area contributed by atoms with Gasteiger partial charge < -0.3 is 14.8 Å². The fourth-order valence-electron chi connectivity index (χ4n) is 3.79. The highest BCUT2D eigenvalue weighted by Gasteiger charge is 2.32. The van der Waals surface area contributed by atoms with Crippen LogP contribution in [0.3, 0.4) is 0 Å². The first-order chi connectivity index (χ1) is 14.9. The summed E-state index contributed by atoms with van der Waals surface area (Å²) >= 11 is 6.14. The molecule has 31 heavy (non-hydrogen) atoms. The van der Waals surface area contributed by atoms with Crippen LogP contribution in [0.25, 0.3) is 10.9 Å². The molecule has 7 heteroatoms. The molecule has 0 bridgehead atoms. The summed E-state index contributed by atoms with van der Waals surface area (Å²) < 4.78 is 13.4. The molecule has 0 unspecified atom stereocenters. The Morgan fingerprint density at radius 1 is 1.23 bits per heavy atom. The van der Waals surface area contributed by atoms with E-state index in [1.54, 1.807) is 13.8 Å². The predicted molar refractivity (Wildman–Crippen MR) is 122 cm³/mol. The van der Waals surface area contributed by atoms with E-state index in [2.05, 4.69) is 10.4 Å². The van der Waals surface area contributed by atoms with Crippen molar-refractivity contribution in [1.82, 2.24) is 15.1 Å². The van der Waals surface area contributed by atoms with Gasteiger partial charge in [0.15, 0.2) is 5.60 Å². The summed E-state index contributed by atoms with van der Waals surface area (Å²) in [5.74, 6) is 0.752. The second-order valence-corrected chi connectivity index (χ2v) is 8.92. The van der Waals surface area contributed by atoms with Crippen LogP contribution in [0.2, 0.25) is 5.02 Å². The van der Waals surface area contributed by atoms with Crippen molar-refractivity contribution in [3.8, 4) is 5.88 Å². The Hall–Kier alpha value is -2.57. The largest absolute Gasteiger partial charge is 0.460 e. The molecule has 2 heterocycles. The molecule has 1 N–H and O–H groups in total. The molecular formula is C24H28ClN3O3. The second kappa shape index (κ2) is 9.28. The number of halogens is 1. The summed E-state index contributed by atoms with van der Waals surface area (Å²) in [5, 5.41) is 9.29. The molecule has 0 saturated carbocycles. The summed E-state index contributed by atoms with van der Waals surface area (Å²) in [7, 11) is 0. The standard InChI is InChI=1S/C24H28ClN3O3/c1-24(2,23(29)26-15-17-10-12-30-13-11-17)31-22-20-8-3-4-9-21(20)28(27-22)16-18-6-5-7-19(25)14-18/h3-9,14,17H,10-13,15-16H2,1-2H3,(H,26,29). The summed E-state index contributed by atoms with van der Waals surface area (Å²) in [6.07, 6.45) is 1.94. The minimum absolute atomic E-state index is 0.146. The lowest BCUT2D eigenvalue weighted by Gasteiger charge is -2.27. The van der Waals surface area contributed by atoms with E-state index in [9.17, 15) is 4.79 Å². The van der Waals surface area contributed by atoms with Crippen LogP contribution in [0.5, 0.6) is 5.88 Å². The number of nitrogens with zero attached hydrogens (tertiary/aromatic N) is 2. The molecule has 3 aromatic rings. The van der Waals surface area contributed by atoms with Gasteiger partial charge in [-0.2, -0.15) is 0 Å². The normalized spacial score (nSPS) is 15.2. The molecule has 4 rings (SSSR count). The maximum Gasteiger partial charge on any atom is 0.263 e. The minimum atomic E-state index is -1.05. The fraction of sp³-hybridized carbons (Fsp3) is 0.417. The van der Waals surface area contributed by atoms with Crippen LogP contribution < -0.4 is 10.1 Å². The van der Waals surface area contributed by atoms with Crippen LogP contribution in [0.1, 0.15) is 32.3 Å². The number of benzene rings is 2. The minimum Gasteiger partial charge on any atom is -0.460 e. The van der Waals surface area contributed by atoms with E-state index in [0.29, 0.717) is 29.9 Å². The zero-order valence-corrected chi connectivity index (χ0v) is 18.7.